The van der Waals surface area contributed by atoms with Gasteiger partial charge in [-0.15, -0.1) is 0 Å². The standard InChI is InChI=1S/C10H16O8/c1-3(11)17-9-6(14)5(13)7(15)10(8(9)16)18-4(2)12/h5-10,13-16H,1-2H3/t5?,6-,7+,8?,9+,10-. The van der Waals surface area contributed by atoms with Gasteiger partial charge in [-0.05, 0) is 0 Å². The summed E-state index contributed by atoms with van der Waals surface area (Å²) in [6.45, 7) is 2.11. The molecule has 1 aliphatic rings. The lowest BCUT2D eigenvalue weighted by atomic mass is 9.84. The number of hydrogen-bond acceptors (Lipinski definition) is 8. The minimum atomic E-state index is -1.71. The lowest BCUT2D eigenvalue weighted by Gasteiger charge is -2.42. The van der Waals surface area contributed by atoms with E-state index in [4.69, 9.17) is 0 Å². The van der Waals surface area contributed by atoms with Gasteiger partial charge in [-0.25, -0.2) is 0 Å². The normalized spacial score (nSPS) is 40.1. The summed E-state index contributed by atoms with van der Waals surface area (Å²) in [7, 11) is 0. The monoisotopic (exact) mass is 264 g/mol. The molecule has 104 valence electrons. The Kier molecular flexibility index (Phi) is 4.63. The molecule has 0 bridgehead atoms. The molecule has 2 unspecified atom stereocenters. The highest BCUT2D eigenvalue weighted by Crippen LogP contribution is 2.26. The van der Waals surface area contributed by atoms with Crippen LogP contribution in [0.2, 0.25) is 0 Å². The molecule has 0 amide bonds. The van der Waals surface area contributed by atoms with Crippen molar-refractivity contribution in [2.24, 2.45) is 0 Å². The number of ether oxygens (including phenoxy) is 2. The van der Waals surface area contributed by atoms with Crippen LogP contribution in [0.4, 0.5) is 0 Å². The topological polar surface area (TPSA) is 134 Å². The summed E-state index contributed by atoms with van der Waals surface area (Å²) in [5.41, 5.74) is 0. The number of aliphatic hydroxyl groups is 4. The van der Waals surface area contributed by atoms with E-state index in [2.05, 4.69) is 9.47 Å². The van der Waals surface area contributed by atoms with Crippen molar-refractivity contribution in [1.82, 2.24) is 0 Å². The van der Waals surface area contributed by atoms with Crippen LogP contribution in [0.3, 0.4) is 0 Å². The lowest BCUT2D eigenvalue weighted by molar-refractivity contribution is -0.239. The zero-order valence-corrected chi connectivity index (χ0v) is 9.89. The van der Waals surface area contributed by atoms with Crippen LogP contribution in [0.5, 0.6) is 0 Å². The second-order valence-corrected chi connectivity index (χ2v) is 4.11. The van der Waals surface area contributed by atoms with E-state index in [0.717, 1.165) is 13.8 Å². The summed E-state index contributed by atoms with van der Waals surface area (Å²) in [6.07, 6.45) is -9.65. The Balaban J connectivity index is 2.92. The molecule has 0 aromatic heterocycles. The largest absolute Gasteiger partial charge is 0.457 e. The molecule has 8 heteroatoms. The van der Waals surface area contributed by atoms with Crippen molar-refractivity contribution in [2.75, 3.05) is 0 Å². The second kappa shape index (κ2) is 5.61. The molecular formula is C10H16O8. The molecule has 1 saturated carbocycles. The van der Waals surface area contributed by atoms with Gasteiger partial charge in [-0.3, -0.25) is 9.59 Å². The van der Waals surface area contributed by atoms with Gasteiger partial charge in [-0.2, -0.15) is 0 Å². The zero-order valence-electron chi connectivity index (χ0n) is 9.89. The maximum Gasteiger partial charge on any atom is 0.303 e. The number of esters is 2. The van der Waals surface area contributed by atoms with Crippen LogP contribution in [0.15, 0.2) is 0 Å². The molecule has 4 N–H and O–H groups in total. The molecule has 0 aromatic rings. The summed E-state index contributed by atoms with van der Waals surface area (Å²) in [5, 5.41) is 38.5. The summed E-state index contributed by atoms with van der Waals surface area (Å²) < 4.78 is 9.29. The molecule has 1 fully saturated rings. The molecular weight excluding hydrogens is 248 g/mol. The van der Waals surface area contributed by atoms with Gasteiger partial charge in [0, 0.05) is 13.8 Å². The Hall–Kier alpha value is -1.22. The smallest absolute Gasteiger partial charge is 0.303 e. The van der Waals surface area contributed by atoms with Gasteiger partial charge in [0.25, 0.3) is 0 Å². The van der Waals surface area contributed by atoms with Crippen molar-refractivity contribution in [3.63, 3.8) is 0 Å². The van der Waals surface area contributed by atoms with Gasteiger partial charge >= 0.3 is 11.9 Å². The average molecular weight is 264 g/mol. The Bertz CT molecular complexity index is 300. The van der Waals surface area contributed by atoms with Crippen molar-refractivity contribution in [3.05, 3.63) is 0 Å². The molecule has 1 rings (SSSR count). The van der Waals surface area contributed by atoms with Gasteiger partial charge < -0.3 is 29.9 Å². The van der Waals surface area contributed by atoms with E-state index in [9.17, 15) is 30.0 Å². The SMILES string of the molecule is CC(=O)O[C@@H]1C(O)[C@H](OC(C)=O)[C@@H](O)C(O)[C@H]1O. The van der Waals surface area contributed by atoms with Crippen molar-refractivity contribution >= 4 is 11.9 Å². The molecule has 0 saturated heterocycles. The quantitative estimate of drug-likeness (QED) is 0.396. The van der Waals surface area contributed by atoms with Crippen LogP contribution in [-0.2, 0) is 19.1 Å². The fraction of sp³-hybridized carbons (Fsp3) is 0.800. The summed E-state index contributed by atoms with van der Waals surface area (Å²) in [6, 6.07) is 0. The van der Waals surface area contributed by atoms with Crippen LogP contribution < -0.4 is 0 Å². The first-order valence-electron chi connectivity index (χ1n) is 5.32. The van der Waals surface area contributed by atoms with Crippen LogP contribution in [0.1, 0.15) is 13.8 Å². The van der Waals surface area contributed by atoms with E-state index in [0.29, 0.717) is 0 Å². The first-order chi connectivity index (χ1) is 8.25. The van der Waals surface area contributed by atoms with E-state index in [-0.39, 0.29) is 0 Å². The van der Waals surface area contributed by atoms with Gasteiger partial charge in [0.15, 0.2) is 12.2 Å². The van der Waals surface area contributed by atoms with E-state index in [1.165, 1.54) is 0 Å². The Morgan fingerprint density at radius 3 is 1.33 bits per heavy atom. The Morgan fingerprint density at radius 2 is 1.06 bits per heavy atom. The minimum Gasteiger partial charge on any atom is -0.457 e. The number of aliphatic hydroxyl groups excluding tert-OH is 4. The highest BCUT2D eigenvalue weighted by atomic mass is 16.6. The third-order valence-electron chi connectivity index (χ3n) is 2.65. The van der Waals surface area contributed by atoms with Crippen LogP contribution in [0.25, 0.3) is 0 Å². The Morgan fingerprint density at radius 1 is 0.722 bits per heavy atom. The predicted molar refractivity (Wildman–Crippen MR) is 55.1 cm³/mol. The molecule has 6 atom stereocenters. The van der Waals surface area contributed by atoms with Crippen LogP contribution in [0, 0.1) is 0 Å². The third kappa shape index (κ3) is 2.96. The molecule has 0 spiro atoms. The van der Waals surface area contributed by atoms with Crippen molar-refractivity contribution < 1.29 is 39.5 Å². The van der Waals surface area contributed by atoms with Crippen LogP contribution >= 0.6 is 0 Å². The number of carbonyl (C=O) groups is 2. The second-order valence-electron chi connectivity index (χ2n) is 4.11. The maximum atomic E-state index is 10.8. The fourth-order valence-electron chi connectivity index (χ4n) is 1.84. The molecule has 8 nitrogen and oxygen atoms in total. The average Bonchev–Trinajstić information content (AvgIpc) is 2.27. The van der Waals surface area contributed by atoms with Crippen molar-refractivity contribution in [3.8, 4) is 0 Å². The number of hydrogen-bond donors (Lipinski definition) is 4. The van der Waals surface area contributed by atoms with Gasteiger partial charge in [0.2, 0.25) is 0 Å². The highest BCUT2D eigenvalue weighted by molar-refractivity contribution is 5.67. The van der Waals surface area contributed by atoms with E-state index in [1.54, 1.807) is 0 Å². The molecule has 18 heavy (non-hydrogen) atoms. The van der Waals surface area contributed by atoms with E-state index < -0.39 is 48.6 Å². The fourth-order valence-corrected chi connectivity index (χ4v) is 1.84. The molecule has 0 aromatic carbocycles. The summed E-state index contributed by atoms with van der Waals surface area (Å²) >= 11 is 0. The first kappa shape index (κ1) is 14.8. The number of carbonyl (C=O) groups excluding carboxylic acids is 2. The maximum absolute atomic E-state index is 10.8. The summed E-state index contributed by atoms with van der Waals surface area (Å²) in [4.78, 5) is 21.6. The molecule has 0 aliphatic heterocycles. The lowest BCUT2D eigenvalue weighted by Crippen LogP contribution is -2.65. The van der Waals surface area contributed by atoms with Gasteiger partial charge in [0.05, 0.1) is 0 Å². The van der Waals surface area contributed by atoms with E-state index >= 15 is 0 Å². The third-order valence-corrected chi connectivity index (χ3v) is 2.65. The predicted octanol–water partition coefficient (Wildman–Crippen LogP) is -2.69. The van der Waals surface area contributed by atoms with Crippen LogP contribution in [-0.4, -0.2) is 69.0 Å². The molecule has 0 radical (unpaired) electrons. The zero-order chi connectivity index (χ0) is 14.0. The highest BCUT2D eigenvalue weighted by Gasteiger charge is 2.52. The first-order valence-corrected chi connectivity index (χ1v) is 5.32. The van der Waals surface area contributed by atoms with Gasteiger partial charge in [-0.1, -0.05) is 0 Å². The summed E-state index contributed by atoms with van der Waals surface area (Å²) in [5.74, 6) is -1.58. The van der Waals surface area contributed by atoms with Gasteiger partial charge in [0.1, 0.15) is 24.4 Å². The van der Waals surface area contributed by atoms with Crippen molar-refractivity contribution in [2.45, 2.75) is 50.5 Å². The minimum absolute atomic E-state index is 0.789. The Labute approximate surface area is 103 Å². The van der Waals surface area contributed by atoms with Crippen molar-refractivity contribution in [1.29, 1.82) is 0 Å². The molecule has 0 heterocycles. The van der Waals surface area contributed by atoms with E-state index in [1.807, 2.05) is 0 Å². The molecule has 1 aliphatic carbocycles. The number of rotatable bonds is 2.